The summed E-state index contributed by atoms with van der Waals surface area (Å²) in [6.45, 7) is 33.5. The largest absolute Gasteiger partial charge is 0.396 e. The standard InChI is InChI=1S/C25H55N3O/c1-22(2,3)27(23(4,5)6)19-13-16-26(18-15-21-29)17-14-20-28(24(7,8)9)25(10,11)12/h29H,13-21H2,1-12H3. The number of hydrogen-bond acceptors (Lipinski definition) is 4. The van der Waals surface area contributed by atoms with Gasteiger partial charge in [-0.3, -0.25) is 9.80 Å². The zero-order valence-corrected chi connectivity index (χ0v) is 22.2. The number of aliphatic hydroxyl groups is 1. The van der Waals surface area contributed by atoms with Gasteiger partial charge in [0.25, 0.3) is 0 Å². The van der Waals surface area contributed by atoms with E-state index in [9.17, 15) is 5.11 Å². The van der Waals surface area contributed by atoms with Crippen molar-refractivity contribution >= 4 is 0 Å². The van der Waals surface area contributed by atoms with Gasteiger partial charge in [-0.15, -0.1) is 0 Å². The van der Waals surface area contributed by atoms with Crippen LogP contribution in [0.4, 0.5) is 0 Å². The third kappa shape index (κ3) is 11.7. The van der Waals surface area contributed by atoms with Crippen LogP contribution in [-0.2, 0) is 0 Å². The molecule has 0 unspecified atom stereocenters. The van der Waals surface area contributed by atoms with Crippen molar-refractivity contribution in [3.8, 4) is 0 Å². The van der Waals surface area contributed by atoms with Crippen molar-refractivity contribution in [2.45, 2.75) is 125 Å². The van der Waals surface area contributed by atoms with Gasteiger partial charge >= 0.3 is 0 Å². The third-order valence-electron chi connectivity index (χ3n) is 5.58. The Kier molecular flexibility index (Phi) is 11.4. The number of hydrogen-bond donors (Lipinski definition) is 1. The zero-order chi connectivity index (χ0) is 23.1. The summed E-state index contributed by atoms with van der Waals surface area (Å²) in [5.74, 6) is 0. The van der Waals surface area contributed by atoms with Crippen LogP contribution in [0.2, 0.25) is 0 Å². The minimum atomic E-state index is 0.175. The lowest BCUT2D eigenvalue weighted by Crippen LogP contribution is -2.53. The number of aliphatic hydroxyl groups excluding tert-OH is 1. The van der Waals surface area contributed by atoms with Crippen molar-refractivity contribution in [2.24, 2.45) is 0 Å². The molecule has 0 aliphatic heterocycles. The number of rotatable bonds is 11. The summed E-state index contributed by atoms with van der Waals surface area (Å²) in [6.07, 6.45) is 3.20. The summed E-state index contributed by atoms with van der Waals surface area (Å²) in [7, 11) is 0. The van der Waals surface area contributed by atoms with E-state index in [1.54, 1.807) is 0 Å². The van der Waals surface area contributed by atoms with Gasteiger partial charge in [0.2, 0.25) is 0 Å². The molecule has 0 spiro atoms. The molecule has 0 radical (unpaired) electrons. The van der Waals surface area contributed by atoms with E-state index < -0.39 is 0 Å². The summed E-state index contributed by atoms with van der Waals surface area (Å²) in [4.78, 5) is 7.79. The van der Waals surface area contributed by atoms with E-state index in [2.05, 4.69) is 97.8 Å². The molecule has 29 heavy (non-hydrogen) atoms. The van der Waals surface area contributed by atoms with E-state index in [-0.39, 0.29) is 28.8 Å². The van der Waals surface area contributed by atoms with Crippen LogP contribution < -0.4 is 0 Å². The predicted molar refractivity (Wildman–Crippen MR) is 130 cm³/mol. The molecule has 0 bridgehead atoms. The third-order valence-corrected chi connectivity index (χ3v) is 5.58. The Balaban J connectivity index is 4.82. The first kappa shape index (κ1) is 28.8. The fourth-order valence-corrected chi connectivity index (χ4v) is 4.89. The highest BCUT2D eigenvalue weighted by Crippen LogP contribution is 2.26. The second kappa shape index (κ2) is 11.5. The maximum absolute atomic E-state index is 9.33. The van der Waals surface area contributed by atoms with Crippen LogP contribution >= 0.6 is 0 Å². The van der Waals surface area contributed by atoms with Crippen molar-refractivity contribution in [2.75, 3.05) is 39.3 Å². The Labute approximate surface area is 184 Å². The highest BCUT2D eigenvalue weighted by molar-refractivity contribution is 4.88. The molecule has 4 nitrogen and oxygen atoms in total. The summed E-state index contributed by atoms with van der Waals surface area (Å²) < 4.78 is 0. The van der Waals surface area contributed by atoms with Crippen molar-refractivity contribution in [1.82, 2.24) is 14.7 Å². The fourth-order valence-electron chi connectivity index (χ4n) is 4.89. The first-order valence-corrected chi connectivity index (χ1v) is 11.8. The van der Waals surface area contributed by atoms with Gasteiger partial charge in [-0.2, -0.15) is 0 Å². The molecular weight excluding hydrogens is 358 g/mol. The minimum absolute atomic E-state index is 0.175. The van der Waals surface area contributed by atoms with Crippen LogP contribution in [0.5, 0.6) is 0 Å². The Morgan fingerprint density at radius 2 is 0.724 bits per heavy atom. The molecule has 0 saturated carbocycles. The van der Waals surface area contributed by atoms with Crippen LogP contribution in [-0.4, -0.2) is 81.3 Å². The van der Waals surface area contributed by atoms with Gasteiger partial charge in [-0.05, 0) is 115 Å². The maximum atomic E-state index is 9.33. The number of nitrogens with zero attached hydrogens (tertiary/aromatic N) is 3. The zero-order valence-electron chi connectivity index (χ0n) is 22.2. The molecule has 0 aliphatic carbocycles. The molecule has 0 fully saturated rings. The van der Waals surface area contributed by atoms with Crippen LogP contribution in [0, 0.1) is 0 Å². The lowest BCUT2D eigenvalue weighted by molar-refractivity contribution is 0.0298. The Morgan fingerprint density at radius 1 is 0.448 bits per heavy atom. The van der Waals surface area contributed by atoms with Crippen LogP contribution in [0.1, 0.15) is 102 Å². The van der Waals surface area contributed by atoms with Crippen molar-refractivity contribution in [3.63, 3.8) is 0 Å². The highest BCUT2D eigenvalue weighted by Gasteiger charge is 2.32. The average Bonchev–Trinajstić information content (AvgIpc) is 2.46. The molecule has 4 heteroatoms. The molecule has 1 N–H and O–H groups in total. The first-order valence-electron chi connectivity index (χ1n) is 11.8. The van der Waals surface area contributed by atoms with Gasteiger partial charge in [0.15, 0.2) is 0 Å². The lowest BCUT2D eigenvalue weighted by Gasteiger charge is -2.46. The molecule has 0 aromatic heterocycles. The second-order valence-corrected chi connectivity index (χ2v) is 12.6. The van der Waals surface area contributed by atoms with Gasteiger partial charge in [-0.25, -0.2) is 0 Å². The van der Waals surface area contributed by atoms with Crippen LogP contribution in [0.15, 0.2) is 0 Å². The Bertz CT molecular complexity index is 369. The predicted octanol–water partition coefficient (Wildman–Crippen LogP) is 5.25. The summed E-state index contributed by atoms with van der Waals surface area (Å²) >= 11 is 0. The molecule has 176 valence electrons. The molecule has 0 heterocycles. The molecule has 0 aromatic carbocycles. The Morgan fingerprint density at radius 3 is 0.966 bits per heavy atom. The van der Waals surface area contributed by atoms with Crippen LogP contribution in [0.3, 0.4) is 0 Å². The lowest BCUT2D eigenvalue weighted by atomic mass is 9.95. The van der Waals surface area contributed by atoms with Gasteiger partial charge in [0, 0.05) is 48.4 Å². The highest BCUT2D eigenvalue weighted by atomic mass is 16.3. The van der Waals surface area contributed by atoms with Gasteiger partial charge < -0.3 is 10.0 Å². The minimum Gasteiger partial charge on any atom is -0.396 e. The van der Waals surface area contributed by atoms with E-state index >= 15 is 0 Å². The van der Waals surface area contributed by atoms with Crippen molar-refractivity contribution in [1.29, 1.82) is 0 Å². The fraction of sp³-hybridized carbons (Fsp3) is 1.00. The summed E-state index contributed by atoms with van der Waals surface area (Å²) in [5.41, 5.74) is 0.699. The summed E-state index contributed by atoms with van der Waals surface area (Å²) in [6, 6.07) is 0. The maximum Gasteiger partial charge on any atom is 0.0443 e. The molecular formula is C25H55N3O. The smallest absolute Gasteiger partial charge is 0.0443 e. The van der Waals surface area contributed by atoms with Crippen LogP contribution in [0.25, 0.3) is 0 Å². The monoisotopic (exact) mass is 413 g/mol. The quantitative estimate of drug-likeness (QED) is 0.501. The average molecular weight is 414 g/mol. The van der Waals surface area contributed by atoms with Gasteiger partial charge in [-0.1, -0.05) is 0 Å². The topological polar surface area (TPSA) is 30.0 Å². The molecule has 0 aliphatic rings. The molecule has 0 atom stereocenters. The SMILES string of the molecule is CC(C)(C)N(CCCN(CCCO)CCCN(C(C)(C)C)C(C)(C)C)C(C)(C)C. The second-order valence-electron chi connectivity index (χ2n) is 12.6. The first-order chi connectivity index (χ1) is 12.9. The van der Waals surface area contributed by atoms with E-state index in [4.69, 9.17) is 0 Å². The normalized spacial score (nSPS) is 14.5. The Hall–Kier alpha value is -0.160. The van der Waals surface area contributed by atoms with E-state index in [0.717, 1.165) is 39.1 Å². The molecule has 0 saturated heterocycles. The summed E-state index contributed by atoms with van der Waals surface area (Å²) in [5, 5.41) is 9.33. The van der Waals surface area contributed by atoms with Crippen molar-refractivity contribution in [3.05, 3.63) is 0 Å². The van der Waals surface area contributed by atoms with Gasteiger partial charge in [0.1, 0.15) is 0 Å². The van der Waals surface area contributed by atoms with E-state index in [1.807, 2.05) is 0 Å². The van der Waals surface area contributed by atoms with Crippen molar-refractivity contribution < 1.29 is 5.11 Å². The molecule has 0 aromatic rings. The van der Waals surface area contributed by atoms with E-state index in [1.165, 1.54) is 12.8 Å². The molecule has 0 rings (SSSR count). The van der Waals surface area contributed by atoms with Gasteiger partial charge in [0.05, 0.1) is 0 Å². The van der Waals surface area contributed by atoms with E-state index in [0.29, 0.717) is 0 Å². The molecule has 0 amide bonds.